The van der Waals surface area contributed by atoms with Gasteiger partial charge >= 0.3 is 0 Å². The number of carbonyl (C=O) groups is 1. The topological polar surface area (TPSA) is 70.1 Å². The number of nitrogens with two attached hydrogens (primary N) is 1. The van der Waals surface area contributed by atoms with Gasteiger partial charge in [0.15, 0.2) is 0 Å². The van der Waals surface area contributed by atoms with Crippen LogP contribution in [0.15, 0.2) is 30.3 Å². The highest BCUT2D eigenvalue weighted by Gasteiger charge is 2.37. The molecule has 0 saturated heterocycles. The summed E-state index contributed by atoms with van der Waals surface area (Å²) in [5.41, 5.74) is 6.15. The van der Waals surface area contributed by atoms with Gasteiger partial charge in [-0.15, -0.1) is 0 Å². The van der Waals surface area contributed by atoms with Crippen molar-refractivity contribution in [1.82, 2.24) is 0 Å². The van der Waals surface area contributed by atoms with Gasteiger partial charge in [-0.05, 0) is 25.0 Å². The fourth-order valence-corrected chi connectivity index (χ4v) is 2.33. The van der Waals surface area contributed by atoms with Gasteiger partial charge in [-0.3, -0.25) is 4.79 Å². The predicted octanol–water partition coefficient (Wildman–Crippen LogP) is 2.70. The number of nitrogens with zero attached hydrogens (tertiary/aromatic N) is 2. The molecule has 0 aliphatic heterocycles. The molecule has 0 bridgehead atoms. The number of hydrogen-bond donors (Lipinski definition) is 1. The summed E-state index contributed by atoms with van der Waals surface area (Å²) in [6.07, 6.45) is 1.72. The van der Waals surface area contributed by atoms with Crippen molar-refractivity contribution in [2.24, 2.45) is 11.1 Å². The van der Waals surface area contributed by atoms with E-state index in [0.717, 1.165) is 5.69 Å². The average Bonchev–Trinajstić information content (AvgIpc) is 2.51. The number of anilines is 1. The first kappa shape index (κ1) is 16.2. The van der Waals surface area contributed by atoms with Crippen LogP contribution in [0.5, 0.6) is 0 Å². The van der Waals surface area contributed by atoms with Crippen LogP contribution in [-0.2, 0) is 4.79 Å². The monoisotopic (exact) mass is 273 g/mol. The normalized spacial score (nSPS) is 10.9. The van der Waals surface area contributed by atoms with Gasteiger partial charge < -0.3 is 10.6 Å². The molecule has 20 heavy (non-hydrogen) atoms. The zero-order valence-electron chi connectivity index (χ0n) is 12.3. The van der Waals surface area contributed by atoms with Crippen LogP contribution in [0.25, 0.3) is 0 Å². The quantitative estimate of drug-likeness (QED) is 0.830. The van der Waals surface area contributed by atoms with Gasteiger partial charge in [0.2, 0.25) is 5.91 Å². The fraction of sp³-hybridized carbons (Fsp3) is 0.500. The predicted molar refractivity (Wildman–Crippen MR) is 81.1 cm³/mol. The molecule has 4 heteroatoms. The van der Waals surface area contributed by atoms with Gasteiger partial charge in [-0.2, -0.15) is 5.26 Å². The van der Waals surface area contributed by atoms with E-state index in [1.54, 1.807) is 4.90 Å². The average molecular weight is 273 g/mol. The lowest BCUT2D eigenvalue weighted by Crippen LogP contribution is -2.48. The third-order valence-corrected chi connectivity index (χ3v) is 3.96. The summed E-state index contributed by atoms with van der Waals surface area (Å²) in [7, 11) is 0. The molecular weight excluding hydrogens is 250 g/mol. The molecular formula is C16H23N3O. The van der Waals surface area contributed by atoms with E-state index in [1.807, 2.05) is 44.2 Å². The first-order chi connectivity index (χ1) is 9.65. The third kappa shape index (κ3) is 3.37. The van der Waals surface area contributed by atoms with E-state index in [9.17, 15) is 4.79 Å². The zero-order chi connectivity index (χ0) is 15.0. The molecule has 0 aliphatic rings. The molecule has 0 aliphatic carbocycles. The van der Waals surface area contributed by atoms with E-state index < -0.39 is 5.41 Å². The van der Waals surface area contributed by atoms with Crippen molar-refractivity contribution in [2.45, 2.75) is 33.1 Å². The van der Waals surface area contributed by atoms with Crippen LogP contribution in [0, 0.1) is 16.7 Å². The summed E-state index contributed by atoms with van der Waals surface area (Å²) in [4.78, 5) is 14.6. The van der Waals surface area contributed by atoms with Crippen molar-refractivity contribution in [2.75, 3.05) is 18.0 Å². The Hall–Kier alpha value is -1.86. The molecule has 0 radical (unpaired) electrons. The first-order valence-corrected chi connectivity index (χ1v) is 7.09. The number of hydrogen-bond acceptors (Lipinski definition) is 3. The minimum Gasteiger partial charge on any atom is -0.329 e. The summed E-state index contributed by atoms with van der Waals surface area (Å²) >= 11 is 0. The largest absolute Gasteiger partial charge is 0.329 e. The molecule has 2 N–H and O–H groups in total. The number of benzene rings is 1. The smallest absolute Gasteiger partial charge is 0.234 e. The Morgan fingerprint density at radius 1 is 1.30 bits per heavy atom. The van der Waals surface area contributed by atoms with Crippen LogP contribution >= 0.6 is 0 Å². The van der Waals surface area contributed by atoms with E-state index in [4.69, 9.17) is 11.0 Å². The number of rotatable bonds is 7. The van der Waals surface area contributed by atoms with E-state index in [1.165, 1.54) is 0 Å². The van der Waals surface area contributed by atoms with Gasteiger partial charge in [0, 0.05) is 18.8 Å². The van der Waals surface area contributed by atoms with Crippen molar-refractivity contribution >= 4 is 11.6 Å². The van der Waals surface area contributed by atoms with E-state index in [2.05, 4.69) is 6.07 Å². The Balaban J connectivity index is 3.11. The minimum atomic E-state index is -0.536. The minimum absolute atomic E-state index is 0.0199. The summed E-state index contributed by atoms with van der Waals surface area (Å²) < 4.78 is 0. The fourth-order valence-electron chi connectivity index (χ4n) is 2.33. The van der Waals surface area contributed by atoms with Gasteiger partial charge in [0.25, 0.3) is 0 Å². The second-order valence-electron chi connectivity index (χ2n) is 4.89. The Morgan fingerprint density at radius 2 is 1.90 bits per heavy atom. The Kier molecular flexibility index (Phi) is 6.20. The molecule has 1 aromatic carbocycles. The van der Waals surface area contributed by atoms with Crippen LogP contribution in [0.3, 0.4) is 0 Å². The lowest BCUT2D eigenvalue weighted by molar-refractivity contribution is -0.128. The SMILES string of the molecule is CCC(CC)(CN)C(=O)N(CCC#N)c1ccccc1. The molecule has 0 unspecified atom stereocenters. The highest BCUT2D eigenvalue weighted by molar-refractivity contribution is 5.97. The molecule has 0 saturated carbocycles. The lowest BCUT2D eigenvalue weighted by Gasteiger charge is -2.35. The molecule has 0 aromatic heterocycles. The number of nitriles is 1. The van der Waals surface area contributed by atoms with Crippen LogP contribution in [0.2, 0.25) is 0 Å². The van der Waals surface area contributed by atoms with E-state index in [-0.39, 0.29) is 5.91 Å². The molecule has 0 spiro atoms. The zero-order valence-corrected chi connectivity index (χ0v) is 12.3. The second-order valence-corrected chi connectivity index (χ2v) is 4.89. The maximum atomic E-state index is 12.9. The molecule has 4 nitrogen and oxygen atoms in total. The van der Waals surface area contributed by atoms with Crippen molar-refractivity contribution in [3.63, 3.8) is 0 Å². The van der Waals surface area contributed by atoms with Crippen molar-refractivity contribution in [1.29, 1.82) is 5.26 Å². The van der Waals surface area contributed by atoms with Gasteiger partial charge in [-0.25, -0.2) is 0 Å². The van der Waals surface area contributed by atoms with Gasteiger partial charge in [0.1, 0.15) is 0 Å². The second kappa shape index (κ2) is 7.66. The maximum absolute atomic E-state index is 12.9. The molecule has 108 valence electrons. The van der Waals surface area contributed by atoms with E-state index >= 15 is 0 Å². The Bertz CT molecular complexity index is 452. The summed E-state index contributed by atoms with van der Waals surface area (Å²) in [6.45, 7) is 4.71. The molecule has 1 aromatic rings. The van der Waals surface area contributed by atoms with Crippen molar-refractivity contribution < 1.29 is 4.79 Å². The van der Waals surface area contributed by atoms with Crippen LogP contribution in [-0.4, -0.2) is 19.0 Å². The molecule has 1 rings (SSSR count). The van der Waals surface area contributed by atoms with Crippen LogP contribution in [0.1, 0.15) is 33.1 Å². The van der Waals surface area contributed by atoms with E-state index in [0.29, 0.717) is 32.4 Å². The molecule has 0 heterocycles. The van der Waals surface area contributed by atoms with Gasteiger partial charge in [-0.1, -0.05) is 32.0 Å². The molecule has 1 amide bonds. The molecule has 0 fully saturated rings. The Morgan fingerprint density at radius 3 is 2.35 bits per heavy atom. The standard InChI is InChI=1S/C16H23N3O/c1-3-16(4-2,13-18)15(20)19(12-8-11-17)14-9-6-5-7-10-14/h5-7,9-10H,3-4,8,12-13,18H2,1-2H3. The highest BCUT2D eigenvalue weighted by Crippen LogP contribution is 2.30. The van der Waals surface area contributed by atoms with Crippen molar-refractivity contribution in [3.05, 3.63) is 30.3 Å². The third-order valence-electron chi connectivity index (χ3n) is 3.96. The lowest BCUT2D eigenvalue weighted by atomic mass is 9.80. The highest BCUT2D eigenvalue weighted by atomic mass is 16.2. The van der Waals surface area contributed by atoms with Crippen LogP contribution in [0.4, 0.5) is 5.69 Å². The maximum Gasteiger partial charge on any atom is 0.234 e. The number of para-hydroxylation sites is 1. The Labute approximate surface area is 121 Å². The van der Waals surface area contributed by atoms with Crippen molar-refractivity contribution in [3.8, 4) is 6.07 Å². The van der Waals surface area contributed by atoms with Gasteiger partial charge in [0.05, 0.1) is 17.9 Å². The summed E-state index contributed by atoms with van der Waals surface area (Å²) in [5.74, 6) is 0.0199. The summed E-state index contributed by atoms with van der Waals surface area (Å²) in [6, 6.07) is 11.6. The summed E-state index contributed by atoms with van der Waals surface area (Å²) in [5, 5.41) is 8.81. The molecule has 0 atom stereocenters. The van der Waals surface area contributed by atoms with Crippen LogP contribution < -0.4 is 10.6 Å². The number of amides is 1. The first-order valence-electron chi connectivity index (χ1n) is 7.09. The number of carbonyl (C=O) groups excluding carboxylic acids is 1.